The summed E-state index contributed by atoms with van der Waals surface area (Å²) in [6.07, 6.45) is 8.19. The molecule has 1 amide bonds. The van der Waals surface area contributed by atoms with Crippen LogP contribution in [0.2, 0.25) is 0 Å². The third-order valence-electron chi connectivity index (χ3n) is 6.53. The number of pyridine rings is 1. The Kier molecular flexibility index (Phi) is 6.47. The molecular formula is C23H31N5O2S. The van der Waals surface area contributed by atoms with E-state index in [1.54, 1.807) is 11.3 Å². The molecule has 2 atom stereocenters. The molecule has 2 aromatic heterocycles. The Hall–Kier alpha value is -2.03. The summed E-state index contributed by atoms with van der Waals surface area (Å²) in [7, 11) is 0. The standard InChI is InChI=1S/C23H31N5O2S/c29-22(18-4-5-18)26-21(23-24-7-13-31-23)19-2-1-8-27(16-19)15-17-3-6-20(25-14-17)28-9-11-30-12-10-28/h3,6-7,13-14,18-19,21H,1-2,4-5,8-12,15-16H2,(H,26,29)/t19-,21-/m0/s1. The molecular weight excluding hydrogens is 410 g/mol. The van der Waals surface area contributed by atoms with Crippen LogP contribution in [-0.2, 0) is 16.1 Å². The van der Waals surface area contributed by atoms with Crippen LogP contribution < -0.4 is 10.2 Å². The average molecular weight is 442 g/mol. The number of thiazole rings is 1. The van der Waals surface area contributed by atoms with E-state index in [0.29, 0.717) is 5.92 Å². The van der Waals surface area contributed by atoms with E-state index >= 15 is 0 Å². The first-order valence-corrected chi connectivity index (χ1v) is 12.3. The Morgan fingerprint density at radius 2 is 2.06 bits per heavy atom. The van der Waals surface area contributed by atoms with Gasteiger partial charge < -0.3 is 15.0 Å². The number of likely N-dealkylation sites (tertiary alicyclic amines) is 1. The number of piperidine rings is 1. The number of aromatic nitrogens is 2. The van der Waals surface area contributed by atoms with E-state index in [1.165, 1.54) is 5.56 Å². The molecule has 2 aliphatic heterocycles. The minimum atomic E-state index is 0.0257. The molecule has 7 nitrogen and oxygen atoms in total. The van der Waals surface area contributed by atoms with Crippen molar-refractivity contribution in [3.8, 4) is 0 Å². The van der Waals surface area contributed by atoms with Gasteiger partial charge in [0.15, 0.2) is 0 Å². The summed E-state index contributed by atoms with van der Waals surface area (Å²) >= 11 is 1.65. The van der Waals surface area contributed by atoms with Crippen molar-refractivity contribution in [2.75, 3.05) is 44.3 Å². The third kappa shape index (κ3) is 5.25. The fourth-order valence-electron chi connectivity index (χ4n) is 4.64. The van der Waals surface area contributed by atoms with Gasteiger partial charge >= 0.3 is 0 Å². The molecule has 3 fully saturated rings. The first-order chi connectivity index (χ1) is 15.3. The number of anilines is 1. The Morgan fingerprint density at radius 1 is 1.19 bits per heavy atom. The SMILES string of the molecule is O=C(N[C@H](c1nccs1)[C@H]1CCCN(Cc2ccc(N3CCOCC3)nc2)C1)C1CC1. The van der Waals surface area contributed by atoms with Gasteiger partial charge in [-0.05, 0) is 49.8 Å². The summed E-state index contributed by atoms with van der Waals surface area (Å²) in [5, 5.41) is 6.38. The van der Waals surface area contributed by atoms with Crippen molar-refractivity contribution < 1.29 is 9.53 Å². The fourth-order valence-corrected chi connectivity index (χ4v) is 5.42. The minimum Gasteiger partial charge on any atom is -0.378 e. The Labute approximate surface area is 187 Å². The molecule has 0 spiro atoms. The van der Waals surface area contributed by atoms with E-state index in [9.17, 15) is 4.79 Å². The van der Waals surface area contributed by atoms with Gasteiger partial charge in [-0.25, -0.2) is 9.97 Å². The summed E-state index contributed by atoms with van der Waals surface area (Å²) in [6, 6.07) is 4.36. The van der Waals surface area contributed by atoms with Gasteiger partial charge in [0.2, 0.25) is 5.91 Å². The lowest BCUT2D eigenvalue weighted by atomic mass is 9.90. The van der Waals surface area contributed by atoms with Crippen molar-refractivity contribution in [2.45, 2.75) is 38.3 Å². The Bertz CT molecular complexity index is 849. The molecule has 2 saturated heterocycles. The van der Waals surface area contributed by atoms with Crippen LogP contribution >= 0.6 is 11.3 Å². The largest absolute Gasteiger partial charge is 0.378 e. The van der Waals surface area contributed by atoms with Crippen LogP contribution in [-0.4, -0.2) is 60.2 Å². The lowest BCUT2D eigenvalue weighted by Crippen LogP contribution is -2.43. The molecule has 0 unspecified atom stereocenters. The molecule has 31 heavy (non-hydrogen) atoms. The van der Waals surface area contributed by atoms with Crippen LogP contribution in [0.15, 0.2) is 29.9 Å². The van der Waals surface area contributed by atoms with Crippen molar-refractivity contribution in [3.05, 3.63) is 40.5 Å². The highest BCUT2D eigenvalue weighted by Gasteiger charge is 2.36. The zero-order valence-corrected chi connectivity index (χ0v) is 18.7. The highest BCUT2D eigenvalue weighted by Crippen LogP contribution is 2.34. The van der Waals surface area contributed by atoms with Gasteiger partial charge in [-0.1, -0.05) is 6.07 Å². The number of nitrogens with zero attached hydrogens (tertiary/aromatic N) is 4. The average Bonchev–Trinajstić information content (AvgIpc) is 3.53. The van der Waals surface area contributed by atoms with E-state index in [0.717, 1.165) is 82.4 Å². The van der Waals surface area contributed by atoms with Crippen LogP contribution in [0.4, 0.5) is 5.82 Å². The predicted molar refractivity (Wildman–Crippen MR) is 121 cm³/mol. The molecule has 1 aliphatic carbocycles. The number of carbonyl (C=O) groups excluding carboxylic acids is 1. The van der Waals surface area contributed by atoms with E-state index in [-0.39, 0.29) is 17.9 Å². The molecule has 8 heteroatoms. The minimum absolute atomic E-state index is 0.0257. The maximum absolute atomic E-state index is 12.5. The van der Waals surface area contributed by atoms with Crippen molar-refractivity contribution in [1.82, 2.24) is 20.2 Å². The van der Waals surface area contributed by atoms with Gasteiger partial charge in [0.25, 0.3) is 0 Å². The molecule has 4 heterocycles. The zero-order valence-electron chi connectivity index (χ0n) is 17.9. The maximum Gasteiger partial charge on any atom is 0.223 e. The second-order valence-electron chi connectivity index (χ2n) is 8.89. The fraction of sp³-hybridized carbons (Fsp3) is 0.609. The summed E-state index contributed by atoms with van der Waals surface area (Å²) < 4.78 is 5.44. The van der Waals surface area contributed by atoms with Crippen LogP contribution in [0.1, 0.15) is 42.3 Å². The van der Waals surface area contributed by atoms with E-state index in [4.69, 9.17) is 9.72 Å². The van der Waals surface area contributed by atoms with Gasteiger partial charge in [-0.15, -0.1) is 11.3 Å². The number of nitrogens with one attached hydrogen (secondary N) is 1. The lowest BCUT2D eigenvalue weighted by Gasteiger charge is -2.36. The molecule has 0 radical (unpaired) electrons. The topological polar surface area (TPSA) is 70.6 Å². The maximum atomic E-state index is 12.5. The molecule has 5 rings (SSSR count). The Balaban J connectivity index is 1.22. The van der Waals surface area contributed by atoms with E-state index in [2.05, 4.69) is 32.2 Å². The van der Waals surface area contributed by atoms with Crippen LogP contribution in [0.3, 0.4) is 0 Å². The van der Waals surface area contributed by atoms with Crippen LogP contribution in [0, 0.1) is 11.8 Å². The number of rotatable bonds is 7. The monoisotopic (exact) mass is 441 g/mol. The summed E-state index contributed by atoms with van der Waals surface area (Å²) in [5.41, 5.74) is 1.24. The molecule has 1 saturated carbocycles. The van der Waals surface area contributed by atoms with E-state index in [1.807, 2.05) is 17.8 Å². The molecule has 166 valence electrons. The van der Waals surface area contributed by atoms with Crippen molar-refractivity contribution >= 4 is 23.1 Å². The van der Waals surface area contributed by atoms with Crippen molar-refractivity contribution in [3.63, 3.8) is 0 Å². The van der Waals surface area contributed by atoms with E-state index < -0.39 is 0 Å². The summed E-state index contributed by atoms with van der Waals surface area (Å²) in [5.74, 6) is 1.86. The number of morpholine rings is 1. The molecule has 0 aromatic carbocycles. The van der Waals surface area contributed by atoms with Crippen molar-refractivity contribution in [2.24, 2.45) is 11.8 Å². The first-order valence-electron chi connectivity index (χ1n) is 11.5. The Morgan fingerprint density at radius 3 is 2.77 bits per heavy atom. The van der Waals surface area contributed by atoms with Crippen molar-refractivity contribution in [1.29, 1.82) is 0 Å². The lowest BCUT2D eigenvalue weighted by molar-refractivity contribution is -0.123. The van der Waals surface area contributed by atoms with Crippen LogP contribution in [0.25, 0.3) is 0 Å². The number of hydrogen-bond donors (Lipinski definition) is 1. The molecule has 1 N–H and O–H groups in total. The number of carbonyl (C=O) groups is 1. The van der Waals surface area contributed by atoms with Crippen LogP contribution in [0.5, 0.6) is 0 Å². The van der Waals surface area contributed by atoms with Gasteiger partial charge in [0.1, 0.15) is 10.8 Å². The quantitative estimate of drug-likeness (QED) is 0.713. The summed E-state index contributed by atoms with van der Waals surface area (Å²) in [6.45, 7) is 6.32. The second-order valence-corrected chi connectivity index (χ2v) is 9.82. The van der Waals surface area contributed by atoms with Gasteiger partial charge in [-0.3, -0.25) is 9.69 Å². The normalized spacial score (nSPS) is 23.5. The molecule has 0 bridgehead atoms. The predicted octanol–water partition coefficient (Wildman–Crippen LogP) is 2.85. The van der Waals surface area contributed by atoms with Gasteiger partial charge in [-0.2, -0.15) is 0 Å². The molecule has 3 aliphatic rings. The summed E-state index contributed by atoms with van der Waals surface area (Å²) in [4.78, 5) is 26.6. The number of ether oxygens (including phenoxy) is 1. The van der Waals surface area contributed by atoms with Gasteiger partial charge in [0.05, 0.1) is 19.3 Å². The number of amides is 1. The highest BCUT2D eigenvalue weighted by atomic mass is 32.1. The van der Waals surface area contributed by atoms with Gasteiger partial charge in [0, 0.05) is 49.9 Å². The third-order valence-corrected chi connectivity index (χ3v) is 7.39. The smallest absolute Gasteiger partial charge is 0.223 e. The highest BCUT2D eigenvalue weighted by molar-refractivity contribution is 7.09. The second kappa shape index (κ2) is 9.63. The zero-order chi connectivity index (χ0) is 21.0. The molecule has 2 aromatic rings. The first kappa shape index (κ1) is 20.8. The number of hydrogen-bond acceptors (Lipinski definition) is 7.